The van der Waals surface area contributed by atoms with Crippen molar-refractivity contribution in [3.8, 4) is 17.7 Å². The Bertz CT molecular complexity index is 1150. The summed E-state index contributed by atoms with van der Waals surface area (Å²) in [6.07, 6.45) is 5.86. The van der Waals surface area contributed by atoms with Crippen LogP contribution in [0, 0.1) is 23.7 Å². The lowest BCUT2D eigenvalue weighted by Gasteiger charge is -2.37. The zero-order valence-corrected chi connectivity index (χ0v) is 21.8. The molecule has 2 heterocycles. The summed E-state index contributed by atoms with van der Waals surface area (Å²) in [7, 11) is 1.71. The summed E-state index contributed by atoms with van der Waals surface area (Å²) in [6.45, 7) is 4.30. The Labute approximate surface area is 219 Å². The number of hydrogen-bond donors (Lipinski definition) is 2. The average molecular weight is 505 g/mol. The number of carbonyl (C=O) groups excluding carboxylic acids is 2. The molecule has 37 heavy (non-hydrogen) atoms. The fraction of sp³-hybridized carbons (Fsp3) is 0.483. The molecule has 1 aliphatic carbocycles. The number of ether oxygens (including phenoxy) is 1. The summed E-state index contributed by atoms with van der Waals surface area (Å²) in [6, 6.07) is 10.4. The standard InChI is InChI=1S/C29H36N4O4/c1-20-17-33(21(2)19-34)28(35)25-15-23(14-13-22-9-7-8-10-22)16-30-27(25)37-26(20)18-32(3)29(36)31-24-11-5-4-6-12-24/h4-6,11-12,15-16,20-22,26,34H,7-10,17-19H2,1-3H3,(H,31,36)/t20-,21-,26-/m0/s1. The molecule has 2 aliphatic rings. The highest BCUT2D eigenvalue weighted by Crippen LogP contribution is 2.28. The second-order valence-electron chi connectivity index (χ2n) is 10.1. The Morgan fingerprint density at radius 1 is 1.30 bits per heavy atom. The van der Waals surface area contributed by atoms with Crippen LogP contribution in [0.1, 0.15) is 55.5 Å². The Morgan fingerprint density at radius 3 is 2.73 bits per heavy atom. The SMILES string of the molecule is C[C@H]1CN([C@@H](C)CO)C(=O)c2cc(C#CC3CCCC3)cnc2O[C@H]1CN(C)C(=O)Nc1ccccc1. The van der Waals surface area contributed by atoms with Crippen LogP contribution in [-0.2, 0) is 0 Å². The van der Waals surface area contributed by atoms with Crippen molar-refractivity contribution in [3.63, 3.8) is 0 Å². The van der Waals surface area contributed by atoms with Crippen LogP contribution in [0.25, 0.3) is 0 Å². The van der Waals surface area contributed by atoms with E-state index >= 15 is 0 Å². The number of pyridine rings is 1. The molecular formula is C29H36N4O4. The number of benzene rings is 1. The van der Waals surface area contributed by atoms with Crippen molar-refractivity contribution in [2.24, 2.45) is 11.8 Å². The summed E-state index contributed by atoms with van der Waals surface area (Å²) in [5, 5.41) is 12.7. The van der Waals surface area contributed by atoms with E-state index in [-0.39, 0.29) is 36.4 Å². The van der Waals surface area contributed by atoms with Crippen LogP contribution in [0.5, 0.6) is 5.88 Å². The normalized spacial score (nSPS) is 20.5. The van der Waals surface area contributed by atoms with Crippen molar-refractivity contribution < 1.29 is 19.4 Å². The number of hydrogen-bond acceptors (Lipinski definition) is 5. The van der Waals surface area contributed by atoms with Crippen LogP contribution in [0.2, 0.25) is 0 Å². The molecular weight excluding hydrogens is 468 g/mol. The average Bonchev–Trinajstić information content (AvgIpc) is 3.43. The minimum Gasteiger partial charge on any atom is -0.472 e. The lowest BCUT2D eigenvalue weighted by Crippen LogP contribution is -2.50. The zero-order valence-electron chi connectivity index (χ0n) is 21.8. The molecule has 1 aromatic heterocycles. The first-order chi connectivity index (χ1) is 17.9. The smallest absolute Gasteiger partial charge is 0.321 e. The van der Waals surface area contributed by atoms with Crippen LogP contribution in [0.15, 0.2) is 42.6 Å². The number of fused-ring (bicyclic) bond motifs is 1. The zero-order chi connectivity index (χ0) is 26.4. The molecule has 8 heteroatoms. The van der Waals surface area contributed by atoms with Crippen molar-refractivity contribution in [1.82, 2.24) is 14.8 Å². The maximum absolute atomic E-state index is 13.6. The molecule has 1 aliphatic heterocycles. The first-order valence-corrected chi connectivity index (χ1v) is 13.0. The van der Waals surface area contributed by atoms with Crippen LogP contribution in [0.3, 0.4) is 0 Å². The second-order valence-corrected chi connectivity index (χ2v) is 10.1. The van der Waals surface area contributed by atoms with Crippen molar-refractivity contribution in [3.05, 3.63) is 53.7 Å². The highest BCUT2D eigenvalue weighted by molar-refractivity contribution is 5.97. The van der Waals surface area contributed by atoms with Gasteiger partial charge in [-0.25, -0.2) is 9.78 Å². The van der Waals surface area contributed by atoms with E-state index in [2.05, 4.69) is 22.1 Å². The molecule has 0 spiro atoms. The summed E-state index contributed by atoms with van der Waals surface area (Å²) in [5.74, 6) is 6.76. The summed E-state index contributed by atoms with van der Waals surface area (Å²) < 4.78 is 6.29. The van der Waals surface area contributed by atoms with Crippen molar-refractivity contribution in [1.29, 1.82) is 0 Å². The van der Waals surface area contributed by atoms with Gasteiger partial charge in [0.2, 0.25) is 5.88 Å². The monoisotopic (exact) mass is 504 g/mol. The topological polar surface area (TPSA) is 95.0 Å². The molecule has 4 rings (SSSR count). The predicted octanol–water partition coefficient (Wildman–Crippen LogP) is 4.01. The highest BCUT2D eigenvalue weighted by Gasteiger charge is 2.34. The Morgan fingerprint density at radius 2 is 2.03 bits per heavy atom. The number of aliphatic hydroxyl groups excluding tert-OH is 1. The van der Waals surface area contributed by atoms with Gasteiger partial charge in [-0.2, -0.15) is 0 Å². The number of nitrogens with one attached hydrogen (secondary N) is 1. The largest absolute Gasteiger partial charge is 0.472 e. The molecule has 1 saturated carbocycles. The molecule has 1 aromatic carbocycles. The lowest BCUT2D eigenvalue weighted by atomic mass is 10.00. The highest BCUT2D eigenvalue weighted by atomic mass is 16.5. The van der Waals surface area contributed by atoms with Gasteiger partial charge in [0, 0.05) is 42.9 Å². The van der Waals surface area contributed by atoms with E-state index in [9.17, 15) is 14.7 Å². The van der Waals surface area contributed by atoms with Gasteiger partial charge >= 0.3 is 6.03 Å². The van der Waals surface area contributed by atoms with E-state index in [4.69, 9.17) is 4.74 Å². The number of urea groups is 1. The molecule has 0 radical (unpaired) electrons. The summed E-state index contributed by atoms with van der Waals surface area (Å²) in [4.78, 5) is 34.1. The van der Waals surface area contributed by atoms with Crippen molar-refractivity contribution in [2.45, 2.75) is 51.7 Å². The fourth-order valence-electron chi connectivity index (χ4n) is 4.74. The van der Waals surface area contributed by atoms with E-state index in [0.717, 1.165) is 12.8 Å². The van der Waals surface area contributed by atoms with E-state index in [1.807, 2.05) is 44.2 Å². The molecule has 8 nitrogen and oxygen atoms in total. The molecule has 196 valence electrons. The molecule has 0 unspecified atom stereocenters. The number of amides is 3. The minimum atomic E-state index is -0.422. The molecule has 0 bridgehead atoms. The minimum absolute atomic E-state index is 0.123. The molecule has 3 amide bonds. The number of likely N-dealkylation sites (N-methyl/N-ethyl adjacent to an activating group) is 1. The number of aliphatic hydroxyl groups is 1. The van der Waals surface area contributed by atoms with Gasteiger partial charge in [-0.1, -0.05) is 49.8 Å². The maximum atomic E-state index is 13.6. The number of para-hydroxylation sites is 1. The van der Waals surface area contributed by atoms with Crippen LogP contribution in [0.4, 0.5) is 10.5 Å². The van der Waals surface area contributed by atoms with Gasteiger partial charge in [0.15, 0.2) is 0 Å². The van der Waals surface area contributed by atoms with E-state index in [1.54, 1.807) is 29.1 Å². The molecule has 0 saturated heterocycles. The van der Waals surface area contributed by atoms with E-state index in [0.29, 0.717) is 35.8 Å². The van der Waals surface area contributed by atoms with Crippen LogP contribution >= 0.6 is 0 Å². The van der Waals surface area contributed by atoms with E-state index < -0.39 is 6.10 Å². The van der Waals surface area contributed by atoms with Crippen LogP contribution < -0.4 is 10.1 Å². The van der Waals surface area contributed by atoms with Gasteiger partial charge in [-0.3, -0.25) is 4.79 Å². The van der Waals surface area contributed by atoms with Gasteiger partial charge < -0.3 is 25.0 Å². The third-order valence-electron chi connectivity index (χ3n) is 7.12. The summed E-state index contributed by atoms with van der Waals surface area (Å²) in [5.41, 5.74) is 1.70. The first kappa shape index (κ1) is 26.5. The predicted molar refractivity (Wildman–Crippen MR) is 142 cm³/mol. The number of carbonyl (C=O) groups is 2. The Balaban J connectivity index is 1.58. The number of anilines is 1. The second kappa shape index (κ2) is 12.1. The third kappa shape index (κ3) is 6.60. The first-order valence-electron chi connectivity index (χ1n) is 13.0. The fourth-order valence-corrected chi connectivity index (χ4v) is 4.74. The quantitative estimate of drug-likeness (QED) is 0.600. The van der Waals surface area contributed by atoms with Gasteiger partial charge in [0.05, 0.1) is 19.2 Å². The van der Waals surface area contributed by atoms with Gasteiger partial charge in [0.1, 0.15) is 11.7 Å². The molecule has 3 atom stereocenters. The van der Waals surface area contributed by atoms with Crippen LogP contribution in [-0.4, -0.2) is 70.7 Å². The lowest BCUT2D eigenvalue weighted by molar-refractivity contribution is 0.0356. The maximum Gasteiger partial charge on any atom is 0.321 e. The number of aromatic nitrogens is 1. The summed E-state index contributed by atoms with van der Waals surface area (Å²) >= 11 is 0. The molecule has 1 fully saturated rings. The number of nitrogens with zero attached hydrogens (tertiary/aromatic N) is 3. The number of rotatable bonds is 5. The van der Waals surface area contributed by atoms with Gasteiger partial charge in [0.25, 0.3) is 5.91 Å². The van der Waals surface area contributed by atoms with Crippen molar-refractivity contribution >= 4 is 17.6 Å². The molecule has 2 aromatic rings. The van der Waals surface area contributed by atoms with Crippen molar-refractivity contribution in [2.75, 3.05) is 32.1 Å². The molecule has 2 N–H and O–H groups in total. The van der Waals surface area contributed by atoms with Gasteiger partial charge in [-0.05, 0) is 38.0 Å². The third-order valence-corrected chi connectivity index (χ3v) is 7.12. The Kier molecular flexibility index (Phi) is 8.67. The van der Waals surface area contributed by atoms with Gasteiger partial charge in [-0.15, -0.1) is 0 Å². The van der Waals surface area contributed by atoms with E-state index in [1.165, 1.54) is 12.8 Å². The Hall–Kier alpha value is -3.57.